The zero-order chi connectivity index (χ0) is 24.1. The van der Waals surface area contributed by atoms with Gasteiger partial charge in [-0.05, 0) is 60.5 Å². The van der Waals surface area contributed by atoms with Crippen molar-refractivity contribution in [2.45, 2.75) is 18.2 Å². The molecule has 176 valence electrons. The SMILES string of the molecule is CCc1ccc(C(=O)N2CCN(C(=O)c3ccc(S(=O)(=O)Nc4ccccc4)cc3)CC2)cc1. The van der Waals surface area contributed by atoms with Crippen molar-refractivity contribution in [2.24, 2.45) is 0 Å². The number of carbonyl (C=O) groups is 2. The predicted molar refractivity (Wildman–Crippen MR) is 131 cm³/mol. The number of aryl methyl sites for hydroxylation is 1. The van der Waals surface area contributed by atoms with Gasteiger partial charge in [0, 0.05) is 43.0 Å². The number of carbonyl (C=O) groups excluding carboxylic acids is 2. The van der Waals surface area contributed by atoms with E-state index in [1.54, 1.807) is 40.1 Å². The second kappa shape index (κ2) is 10.1. The summed E-state index contributed by atoms with van der Waals surface area (Å²) in [4.78, 5) is 29.2. The van der Waals surface area contributed by atoms with Crippen molar-refractivity contribution in [3.8, 4) is 0 Å². The second-order valence-corrected chi connectivity index (χ2v) is 9.81. The molecule has 8 heteroatoms. The van der Waals surface area contributed by atoms with Crippen LogP contribution in [0.2, 0.25) is 0 Å². The molecule has 0 radical (unpaired) electrons. The molecular weight excluding hydrogens is 450 g/mol. The maximum absolute atomic E-state index is 12.9. The van der Waals surface area contributed by atoms with Gasteiger partial charge in [-0.3, -0.25) is 14.3 Å². The van der Waals surface area contributed by atoms with Gasteiger partial charge in [-0.2, -0.15) is 0 Å². The third kappa shape index (κ3) is 5.28. The maximum Gasteiger partial charge on any atom is 0.261 e. The monoisotopic (exact) mass is 477 g/mol. The number of nitrogens with zero attached hydrogens (tertiary/aromatic N) is 2. The normalized spacial score (nSPS) is 14.0. The van der Waals surface area contributed by atoms with E-state index in [4.69, 9.17) is 0 Å². The first-order valence-corrected chi connectivity index (χ1v) is 12.7. The summed E-state index contributed by atoms with van der Waals surface area (Å²) in [5.41, 5.74) is 2.71. The molecule has 1 aliphatic rings. The molecule has 0 aliphatic carbocycles. The molecular formula is C26H27N3O4S. The molecule has 1 N–H and O–H groups in total. The zero-order valence-corrected chi connectivity index (χ0v) is 19.8. The Balaban J connectivity index is 1.36. The number of nitrogens with one attached hydrogen (secondary N) is 1. The van der Waals surface area contributed by atoms with Crippen LogP contribution in [-0.4, -0.2) is 56.2 Å². The molecule has 2 amide bonds. The number of hydrogen-bond acceptors (Lipinski definition) is 4. The van der Waals surface area contributed by atoms with Crippen LogP contribution in [0.1, 0.15) is 33.2 Å². The van der Waals surface area contributed by atoms with Gasteiger partial charge in [-0.1, -0.05) is 37.3 Å². The molecule has 34 heavy (non-hydrogen) atoms. The van der Waals surface area contributed by atoms with E-state index in [0.29, 0.717) is 43.0 Å². The average Bonchev–Trinajstić information content (AvgIpc) is 2.88. The van der Waals surface area contributed by atoms with Gasteiger partial charge in [-0.25, -0.2) is 8.42 Å². The quantitative estimate of drug-likeness (QED) is 0.587. The molecule has 4 rings (SSSR count). The van der Waals surface area contributed by atoms with Crippen LogP contribution in [0.3, 0.4) is 0 Å². The fourth-order valence-corrected chi connectivity index (χ4v) is 4.92. The van der Waals surface area contributed by atoms with Crippen LogP contribution in [0.5, 0.6) is 0 Å². The molecule has 3 aromatic rings. The summed E-state index contributed by atoms with van der Waals surface area (Å²) in [6, 6.07) is 22.2. The van der Waals surface area contributed by atoms with Gasteiger partial charge in [0.05, 0.1) is 4.90 Å². The van der Waals surface area contributed by atoms with E-state index in [1.165, 1.54) is 29.8 Å². The smallest absolute Gasteiger partial charge is 0.261 e. The van der Waals surface area contributed by atoms with Crippen LogP contribution in [0.4, 0.5) is 5.69 Å². The minimum atomic E-state index is -3.75. The van der Waals surface area contributed by atoms with Gasteiger partial charge in [-0.15, -0.1) is 0 Å². The largest absolute Gasteiger partial charge is 0.335 e. The molecule has 7 nitrogen and oxygen atoms in total. The maximum atomic E-state index is 12.9. The van der Waals surface area contributed by atoms with Crippen LogP contribution in [-0.2, 0) is 16.4 Å². The molecule has 1 aliphatic heterocycles. The lowest BCUT2D eigenvalue weighted by atomic mass is 10.1. The highest BCUT2D eigenvalue weighted by Gasteiger charge is 2.26. The number of piperazine rings is 1. The van der Waals surface area contributed by atoms with Crippen LogP contribution in [0.25, 0.3) is 0 Å². The van der Waals surface area contributed by atoms with Crippen LogP contribution < -0.4 is 4.72 Å². The van der Waals surface area contributed by atoms with E-state index in [-0.39, 0.29) is 16.7 Å². The Bertz CT molecular complexity index is 1250. The lowest BCUT2D eigenvalue weighted by Gasteiger charge is -2.35. The molecule has 1 fully saturated rings. The minimum Gasteiger partial charge on any atom is -0.335 e. The molecule has 3 aromatic carbocycles. The van der Waals surface area contributed by atoms with Crippen molar-refractivity contribution >= 4 is 27.5 Å². The standard InChI is InChI=1S/C26H27N3O4S/c1-2-20-8-10-21(11-9-20)25(30)28-16-18-29(19-17-28)26(31)22-12-14-24(15-13-22)34(32,33)27-23-6-4-3-5-7-23/h3-15,27H,2,16-19H2,1H3. The van der Waals surface area contributed by atoms with E-state index in [2.05, 4.69) is 11.6 Å². The van der Waals surface area contributed by atoms with E-state index in [1.807, 2.05) is 24.3 Å². The first kappa shape index (κ1) is 23.5. The third-order valence-corrected chi connectivity index (χ3v) is 7.30. The van der Waals surface area contributed by atoms with Gasteiger partial charge >= 0.3 is 0 Å². The number of rotatable bonds is 6. The number of hydrogen-bond donors (Lipinski definition) is 1. The van der Waals surface area contributed by atoms with Crippen molar-refractivity contribution in [1.82, 2.24) is 9.80 Å². The Labute approximate surface area is 200 Å². The van der Waals surface area contributed by atoms with Gasteiger partial charge < -0.3 is 9.80 Å². The van der Waals surface area contributed by atoms with E-state index in [9.17, 15) is 18.0 Å². The summed E-state index contributed by atoms with van der Waals surface area (Å²) in [6.07, 6.45) is 0.922. The Morgan fingerprint density at radius 3 is 1.68 bits per heavy atom. The highest BCUT2D eigenvalue weighted by atomic mass is 32.2. The molecule has 0 spiro atoms. The van der Waals surface area contributed by atoms with Crippen LogP contribution >= 0.6 is 0 Å². The lowest BCUT2D eigenvalue weighted by Crippen LogP contribution is -2.50. The van der Waals surface area contributed by atoms with Gasteiger partial charge in [0.15, 0.2) is 0 Å². The van der Waals surface area contributed by atoms with E-state index < -0.39 is 10.0 Å². The number of amides is 2. The third-order valence-electron chi connectivity index (χ3n) is 5.90. The van der Waals surface area contributed by atoms with E-state index >= 15 is 0 Å². The number of para-hydroxylation sites is 1. The Hall–Kier alpha value is -3.65. The predicted octanol–water partition coefficient (Wildman–Crippen LogP) is 3.65. The Kier molecular flexibility index (Phi) is 6.98. The van der Waals surface area contributed by atoms with Crippen molar-refractivity contribution < 1.29 is 18.0 Å². The first-order chi connectivity index (χ1) is 16.4. The summed E-state index contributed by atoms with van der Waals surface area (Å²) < 4.78 is 27.7. The Morgan fingerprint density at radius 2 is 1.21 bits per heavy atom. The second-order valence-electron chi connectivity index (χ2n) is 8.13. The molecule has 0 atom stereocenters. The van der Waals surface area contributed by atoms with Crippen molar-refractivity contribution in [1.29, 1.82) is 0 Å². The summed E-state index contributed by atoms with van der Waals surface area (Å²) in [5, 5.41) is 0. The van der Waals surface area contributed by atoms with Gasteiger partial charge in [0.2, 0.25) is 0 Å². The lowest BCUT2D eigenvalue weighted by molar-refractivity contribution is 0.0535. The molecule has 0 aromatic heterocycles. The molecule has 0 saturated carbocycles. The number of sulfonamides is 1. The summed E-state index contributed by atoms with van der Waals surface area (Å²) >= 11 is 0. The Morgan fingerprint density at radius 1 is 0.735 bits per heavy atom. The van der Waals surface area contributed by atoms with Crippen molar-refractivity contribution in [3.05, 3.63) is 95.6 Å². The average molecular weight is 478 g/mol. The highest BCUT2D eigenvalue weighted by Crippen LogP contribution is 2.18. The van der Waals surface area contributed by atoms with Crippen molar-refractivity contribution in [3.63, 3.8) is 0 Å². The number of benzene rings is 3. The van der Waals surface area contributed by atoms with Crippen molar-refractivity contribution in [2.75, 3.05) is 30.9 Å². The van der Waals surface area contributed by atoms with Gasteiger partial charge in [0.25, 0.3) is 21.8 Å². The summed E-state index contributed by atoms with van der Waals surface area (Å²) in [5.74, 6) is -0.213. The van der Waals surface area contributed by atoms with E-state index in [0.717, 1.165) is 6.42 Å². The molecule has 0 bridgehead atoms. The fourth-order valence-electron chi connectivity index (χ4n) is 3.86. The zero-order valence-electron chi connectivity index (χ0n) is 19.0. The number of anilines is 1. The molecule has 0 unspecified atom stereocenters. The highest BCUT2D eigenvalue weighted by molar-refractivity contribution is 7.92. The topological polar surface area (TPSA) is 86.8 Å². The fraction of sp³-hybridized carbons (Fsp3) is 0.231. The summed E-state index contributed by atoms with van der Waals surface area (Å²) in [7, 11) is -3.75. The summed E-state index contributed by atoms with van der Waals surface area (Å²) in [6.45, 7) is 3.82. The van der Waals surface area contributed by atoms with Gasteiger partial charge in [0.1, 0.15) is 0 Å². The first-order valence-electron chi connectivity index (χ1n) is 11.2. The molecule has 1 saturated heterocycles. The van der Waals surface area contributed by atoms with Crippen LogP contribution in [0, 0.1) is 0 Å². The minimum absolute atomic E-state index is 0.0322. The molecule has 1 heterocycles. The van der Waals surface area contributed by atoms with Crippen LogP contribution in [0.15, 0.2) is 83.8 Å².